The third-order valence-corrected chi connectivity index (χ3v) is 5.17. The minimum Gasteiger partial charge on any atom is -0.379 e. The molecule has 0 aliphatic carbocycles. The zero-order valence-corrected chi connectivity index (χ0v) is 17.2. The zero-order valence-electron chi connectivity index (χ0n) is 17.2. The highest BCUT2D eigenvalue weighted by atomic mass is 16.6. The van der Waals surface area contributed by atoms with Crippen LogP contribution in [0.15, 0.2) is 54.6 Å². The van der Waals surface area contributed by atoms with Crippen LogP contribution in [0.4, 0.5) is 5.69 Å². The summed E-state index contributed by atoms with van der Waals surface area (Å²) in [6.07, 6.45) is 3.93. The number of carbonyl (C=O) groups is 1. The van der Waals surface area contributed by atoms with Gasteiger partial charge in [0.25, 0.3) is 11.6 Å². The molecule has 0 spiro atoms. The number of hydrogen-bond acceptors (Lipinski definition) is 5. The number of rotatable bonds is 8. The number of amides is 1. The second-order valence-electron chi connectivity index (χ2n) is 7.28. The van der Waals surface area contributed by atoms with E-state index in [2.05, 4.69) is 4.90 Å². The van der Waals surface area contributed by atoms with Gasteiger partial charge in [-0.3, -0.25) is 19.8 Å². The van der Waals surface area contributed by atoms with Crippen LogP contribution in [0.5, 0.6) is 0 Å². The number of aryl methyl sites for hydroxylation is 1. The van der Waals surface area contributed by atoms with Crippen molar-refractivity contribution in [3.63, 3.8) is 0 Å². The van der Waals surface area contributed by atoms with E-state index in [1.807, 2.05) is 42.5 Å². The van der Waals surface area contributed by atoms with E-state index in [-0.39, 0.29) is 11.6 Å². The number of morpholine rings is 1. The highest BCUT2D eigenvalue weighted by Crippen LogP contribution is 2.20. The van der Waals surface area contributed by atoms with Crippen LogP contribution in [-0.4, -0.2) is 66.6 Å². The fourth-order valence-electron chi connectivity index (χ4n) is 3.36. The summed E-state index contributed by atoms with van der Waals surface area (Å²) in [5.74, 6) is -0.205. The molecule has 0 bridgehead atoms. The Hall–Kier alpha value is -3.03. The lowest BCUT2D eigenvalue weighted by Gasteiger charge is -2.29. The lowest BCUT2D eigenvalue weighted by molar-refractivity contribution is -0.385. The number of nitrogens with zero attached hydrogens (tertiary/aromatic N) is 3. The molecular formula is C23H27N3O4. The van der Waals surface area contributed by atoms with Gasteiger partial charge in [-0.25, -0.2) is 0 Å². The number of hydrogen-bond donors (Lipinski definition) is 0. The van der Waals surface area contributed by atoms with Crippen molar-refractivity contribution in [1.82, 2.24) is 9.80 Å². The number of nitro groups is 1. The smallest absolute Gasteiger partial charge is 0.273 e. The van der Waals surface area contributed by atoms with Gasteiger partial charge in [0, 0.05) is 49.9 Å². The molecule has 7 heteroatoms. The summed E-state index contributed by atoms with van der Waals surface area (Å²) in [5.41, 5.74) is 1.90. The Balaban J connectivity index is 1.74. The van der Waals surface area contributed by atoms with Gasteiger partial charge < -0.3 is 9.64 Å². The summed E-state index contributed by atoms with van der Waals surface area (Å²) in [6.45, 7) is 6.47. The second kappa shape index (κ2) is 10.7. The molecule has 0 atom stereocenters. The molecule has 30 heavy (non-hydrogen) atoms. The molecule has 2 aromatic carbocycles. The van der Waals surface area contributed by atoms with Crippen molar-refractivity contribution < 1.29 is 14.5 Å². The largest absolute Gasteiger partial charge is 0.379 e. The molecule has 2 aromatic rings. The van der Waals surface area contributed by atoms with Gasteiger partial charge in [-0.05, 0) is 18.6 Å². The Labute approximate surface area is 176 Å². The molecular weight excluding hydrogens is 382 g/mol. The quantitative estimate of drug-likeness (QED) is 0.493. The molecule has 1 heterocycles. The lowest BCUT2D eigenvalue weighted by atomic mass is 10.1. The average Bonchev–Trinajstić information content (AvgIpc) is 2.77. The molecule has 0 unspecified atom stereocenters. The van der Waals surface area contributed by atoms with Gasteiger partial charge in [0.2, 0.25) is 0 Å². The van der Waals surface area contributed by atoms with Crippen LogP contribution in [0.25, 0.3) is 6.08 Å². The topological polar surface area (TPSA) is 75.9 Å². The van der Waals surface area contributed by atoms with E-state index in [4.69, 9.17) is 4.74 Å². The molecule has 0 saturated carbocycles. The second-order valence-corrected chi connectivity index (χ2v) is 7.28. The summed E-state index contributed by atoms with van der Waals surface area (Å²) >= 11 is 0. The number of benzene rings is 2. The van der Waals surface area contributed by atoms with Crippen LogP contribution in [0.1, 0.15) is 21.5 Å². The first kappa shape index (κ1) is 21.7. The van der Waals surface area contributed by atoms with E-state index < -0.39 is 4.92 Å². The van der Waals surface area contributed by atoms with Crippen LogP contribution in [0.2, 0.25) is 0 Å². The highest BCUT2D eigenvalue weighted by Gasteiger charge is 2.20. The van der Waals surface area contributed by atoms with E-state index in [0.717, 1.165) is 25.2 Å². The first-order valence-electron chi connectivity index (χ1n) is 10.1. The molecule has 3 rings (SSSR count). The fraction of sp³-hybridized carbons (Fsp3) is 0.348. The molecule has 1 aliphatic heterocycles. The van der Waals surface area contributed by atoms with Gasteiger partial charge in [0.1, 0.15) is 0 Å². The predicted octanol–water partition coefficient (Wildman–Crippen LogP) is 3.39. The van der Waals surface area contributed by atoms with Gasteiger partial charge in [-0.15, -0.1) is 0 Å². The average molecular weight is 409 g/mol. The summed E-state index contributed by atoms with van der Waals surface area (Å²) in [5, 5.41) is 11.3. The van der Waals surface area contributed by atoms with E-state index in [1.54, 1.807) is 24.0 Å². The Kier molecular flexibility index (Phi) is 7.70. The van der Waals surface area contributed by atoms with Gasteiger partial charge in [0.05, 0.1) is 18.1 Å². The van der Waals surface area contributed by atoms with Crippen LogP contribution in [-0.2, 0) is 4.74 Å². The van der Waals surface area contributed by atoms with Crippen molar-refractivity contribution in [3.8, 4) is 0 Å². The van der Waals surface area contributed by atoms with Crippen molar-refractivity contribution in [2.24, 2.45) is 0 Å². The van der Waals surface area contributed by atoms with Gasteiger partial charge >= 0.3 is 0 Å². The maximum atomic E-state index is 13.2. The standard InChI is InChI=1S/C23H27N3O4/c1-19-9-10-21(18-22(19)26(28)29)23(27)25(13-12-24-14-16-30-17-15-24)11-5-8-20-6-3-2-4-7-20/h2-10,18H,11-17H2,1H3/b8-5+. The van der Waals surface area contributed by atoms with E-state index in [1.165, 1.54) is 6.07 Å². The van der Waals surface area contributed by atoms with Gasteiger partial charge in [-0.2, -0.15) is 0 Å². The monoisotopic (exact) mass is 409 g/mol. The van der Waals surface area contributed by atoms with Crippen molar-refractivity contribution in [1.29, 1.82) is 0 Å². The SMILES string of the molecule is Cc1ccc(C(=O)N(C/C=C/c2ccccc2)CCN2CCOCC2)cc1[N+](=O)[O-]. The number of ether oxygens (including phenoxy) is 1. The van der Waals surface area contributed by atoms with Crippen molar-refractivity contribution in [2.75, 3.05) is 45.9 Å². The molecule has 1 aliphatic rings. The molecule has 0 radical (unpaired) electrons. The summed E-state index contributed by atoms with van der Waals surface area (Å²) in [4.78, 5) is 28.0. The summed E-state index contributed by atoms with van der Waals surface area (Å²) in [7, 11) is 0. The summed E-state index contributed by atoms with van der Waals surface area (Å²) < 4.78 is 5.39. The van der Waals surface area contributed by atoms with Gasteiger partial charge in [0.15, 0.2) is 0 Å². The van der Waals surface area contributed by atoms with Crippen LogP contribution < -0.4 is 0 Å². The first-order valence-corrected chi connectivity index (χ1v) is 10.1. The molecule has 0 aromatic heterocycles. The van der Waals surface area contributed by atoms with Crippen LogP contribution >= 0.6 is 0 Å². The van der Waals surface area contributed by atoms with Crippen molar-refractivity contribution in [2.45, 2.75) is 6.92 Å². The normalized spacial score (nSPS) is 14.7. The maximum absolute atomic E-state index is 13.2. The van der Waals surface area contributed by atoms with Gasteiger partial charge in [-0.1, -0.05) is 48.6 Å². The number of carbonyl (C=O) groups excluding carboxylic acids is 1. The van der Waals surface area contributed by atoms with E-state index in [9.17, 15) is 14.9 Å². The minimum atomic E-state index is -0.445. The number of nitro benzene ring substituents is 1. The third-order valence-electron chi connectivity index (χ3n) is 5.17. The van der Waals surface area contributed by atoms with Crippen LogP contribution in [0.3, 0.4) is 0 Å². The zero-order chi connectivity index (χ0) is 21.3. The Morgan fingerprint density at radius 1 is 1.20 bits per heavy atom. The Morgan fingerprint density at radius 2 is 1.93 bits per heavy atom. The molecule has 1 amide bonds. The molecule has 1 saturated heterocycles. The minimum absolute atomic E-state index is 0.0335. The Bertz CT molecular complexity index is 893. The highest BCUT2D eigenvalue weighted by molar-refractivity contribution is 5.95. The molecule has 0 N–H and O–H groups in total. The third kappa shape index (κ3) is 5.98. The lowest BCUT2D eigenvalue weighted by Crippen LogP contribution is -2.43. The maximum Gasteiger partial charge on any atom is 0.273 e. The fourth-order valence-corrected chi connectivity index (χ4v) is 3.36. The molecule has 7 nitrogen and oxygen atoms in total. The van der Waals surface area contributed by atoms with E-state index >= 15 is 0 Å². The van der Waals surface area contributed by atoms with Crippen molar-refractivity contribution >= 4 is 17.7 Å². The Morgan fingerprint density at radius 3 is 2.63 bits per heavy atom. The predicted molar refractivity (Wildman–Crippen MR) is 116 cm³/mol. The van der Waals surface area contributed by atoms with Crippen molar-refractivity contribution in [3.05, 3.63) is 81.4 Å². The summed E-state index contributed by atoms with van der Waals surface area (Å²) in [6, 6.07) is 14.6. The van der Waals surface area contributed by atoms with Crippen LogP contribution in [0, 0.1) is 17.0 Å². The molecule has 1 fully saturated rings. The molecule has 158 valence electrons. The van der Waals surface area contributed by atoms with E-state index in [0.29, 0.717) is 37.4 Å². The first-order chi connectivity index (χ1) is 14.5.